The van der Waals surface area contributed by atoms with Crippen molar-refractivity contribution in [2.45, 2.75) is 40.0 Å². The SMILES string of the molecule is CCCCCNC(=O)c1cc(Nc2ccc(C)c(C)c2)ccn1. The number of amides is 1. The van der Waals surface area contributed by atoms with Crippen LogP contribution in [0, 0.1) is 13.8 Å². The topological polar surface area (TPSA) is 54.0 Å². The van der Waals surface area contributed by atoms with Crippen LogP contribution in [-0.2, 0) is 0 Å². The minimum absolute atomic E-state index is 0.121. The third-order valence-corrected chi connectivity index (χ3v) is 3.85. The molecule has 2 rings (SSSR count). The average Bonchev–Trinajstić information content (AvgIpc) is 2.55. The Bertz CT molecular complexity index is 667. The number of pyridine rings is 1. The van der Waals surface area contributed by atoms with Gasteiger partial charge in [-0.15, -0.1) is 0 Å². The molecule has 0 atom stereocenters. The Kier molecular flexibility index (Phi) is 6.15. The highest BCUT2D eigenvalue weighted by Crippen LogP contribution is 2.19. The lowest BCUT2D eigenvalue weighted by Crippen LogP contribution is -2.25. The molecule has 0 aliphatic heterocycles. The molecule has 0 aliphatic rings. The van der Waals surface area contributed by atoms with Gasteiger partial charge in [-0.1, -0.05) is 25.8 Å². The number of anilines is 2. The van der Waals surface area contributed by atoms with Gasteiger partial charge in [0.05, 0.1) is 0 Å². The number of aryl methyl sites for hydroxylation is 2. The van der Waals surface area contributed by atoms with E-state index in [0.717, 1.165) is 30.6 Å². The largest absolute Gasteiger partial charge is 0.355 e. The molecule has 4 heteroatoms. The van der Waals surface area contributed by atoms with E-state index in [-0.39, 0.29) is 5.91 Å². The molecule has 1 amide bonds. The zero-order valence-electron chi connectivity index (χ0n) is 14.1. The zero-order chi connectivity index (χ0) is 16.7. The van der Waals surface area contributed by atoms with E-state index in [0.29, 0.717) is 12.2 Å². The molecule has 4 nitrogen and oxygen atoms in total. The summed E-state index contributed by atoms with van der Waals surface area (Å²) >= 11 is 0. The smallest absolute Gasteiger partial charge is 0.269 e. The highest BCUT2D eigenvalue weighted by atomic mass is 16.1. The Morgan fingerprint density at radius 1 is 1.04 bits per heavy atom. The molecule has 1 heterocycles. The first-order chi connectivity index (χ1) is 11.1. The van der Waals surface area contributed by atoms with Gasteiger partial charge in [0.1, 0.15) is 5.69 Å². The van der Waals surface area contributed by atoms with Crippen molar-refractivity contribution in [2.24, 2.45) is 0 Å². The second-order valence-corrected chi connectivity index (χ2v) is 5.82. The molecular formula is C19H25N3O. The number of nitrogens with one attached hydrogen (secondary N) is 2. The number of hydrogen-bond donors (Lipinski definition) is 2. The van der Waals surface area contributed by atoms with Gasteiger partial charge in [-0.2, -0.15) is 0 Å². The quantitative estimate of drug-likeness (QED) is 0.747. The van der Waals surface area contributed by atoms with Crippen molar-refractivity contribution in [1.82, 2.24) is 10.3 Å². The van der Waals surface area contributed by atoms with Gasteiger partial charge in [0.2, 0.25) is 0 Å². The van der Waals surface area contributed by atoms with Gasteiger partial charge in [0, 0.05) is 24.1 Å². The number of nitrogens with zero attached hydrogens (tertiary/aromatic N) is 1. The fourth-order valence-electron chi connectivity index (χ4n) is 2.29. The van der Waals surface area contributed by atoms with Crippen molar-refractivity contribution in [1.29, 1.82) is 0 Å². The van der Waals surface area contributed by atoms with Crippen molar-refractivity contribution in [3.8, 4) is 0 Å². The van der Waals surface area contributed by atoms with Crippen molar-refractivity contribution >= 4 is 17.3 Å². The van der Waals surface area contributed by atoms with Gasteiger partial charge >= 0.3 is 0 Å². The Morgan fingerprint density at radius 2 is 1.83 bits per heavy atom. The molecular weight excluding hydrogens is 286 g/mol. The van der Waals surface area contributed by atoms with Crippen LogP contribution < -0.4 is 10.6 Å². The molecule has 0 aliphatic carbocycles. The maximum atomic E-state index is 12.1. The summed E-state index contributed by atoms with van der Waals surface area (Å²) < 4.78 is 0. The molecule has 1 aromatic carbocycles. The molecule has 0 saturated carbocycles. The molecule has 2 N–H and O–H groups in total. The van der Waals surface area contributed by atoms with E-state index in [1.807, 2.05) is 12.1 Å². The van der Waals surface area contributed by atoms with Crippen LogP contribution in [-0.4, -0.2) is 17.4 Å². The summed E-state index contributed by atoms with van der Waals surface area (Å²) in [4.78, 5) is 16.3. The minimum Gasteiger partial charge on any atom is -0.355 e. The Labute approximate surface area is 138 Å². The van der Waals surface area contributed by atoms with Gasteiger partial charge in [-0.05, 0) is 55.7 Å². The van der Waals surface area contributed by atoms with E-state index in [2.05, 4.69) is 48.5 Å². The third-order valence-electron chi connectivity index (χ3n) is 3.85. The second kappa shape index (κ2) is 8.32. The second-order valence-electron chi connectivity index (χ2n) is 5.82. The first-order valence-electron chi connectivity index (χ1n) is 8.18. The highest BCUT2D eigenvalue weighted by molar-refractivity contribution is 5.93. The van der Waals surface area contributed by atoms with E-state index in [1.165, 1.54) is 11.1 Å². The summed E-state index contributed by atoms with van der Waals surface area (Å²) in [5.41, 5.74) is 4.81. The summed E-state index contributed by atoms with van der Waals surface area (Å²) in [6, 6.07) is 9.86. The van der Waals surface area contributed by atoms with E-state index < -0.39 is 0 Å². The number of carbonyl (C=O) groups is 1. The Balaban J connectivity index is 2.01. The number of rotatable bonds is 7. The van der Waals surface area contributed by atoms with Crippen molar-refractivity contribution < 1.29 is 4.79 Å². The molecule has 23 heavy (non-hydrogen) atoms. The van der Waals surface area contributed by atoms with E-state index >= 15 is 0 Å². The normalized spacial score (nSPS) is 10.4. The standard InChI is InChI=1S/C19H25N3O/c1-4-5-6-10-21-19(23)18-13-17(9-11-20-18)22-16-8-7-14(2)15(3)12-16/h7-9,11-13H,4-6,10H2,1-3H3,(H,20,22)(H,21,23). The fourth-order valence-corrected chi connectivity index (χ4v) is 2.29. The lowest BCUT2D eigenvalue weighted by atomic mass is 10.1. The van der Waals surface area contributed by atoms with Crippen LogP contribution in [0.25, 0.3) is 0 Å². The lowest BCUT2D eigenvalue weighted by molar-refractivity contribution is 0.0948. The van der Waals surface area contributed by atoms with Gasteiger partial charge in [0.25, 0.3) is 5.91 Å². The number of benzene rings is 1. The Hall–Kier alpha value is -2.36. The maximum absolute atomic E-state index is 12.1. The van der Waals surface area contributed by atoms with Crippen LogP contribution in [0.15, 0.2) is 36.5 Å². The van der Waals surface area contributed by atoms with Gasteiger partial charge in [0.15, 0.2) is 0 Å². The summed E-state index contributed by atoms with van der Waals surface area (Å²) in [6.45, 7) is 7.02. The molecule has 0 fully saturated rings. The summed E-state index contributed by atoms with van der Waals surface area (Å²) in [5, 5.41) is 6.24. The number of carbonyl (C=O) groups excluding carboxylic acids is 1. The van der Waals surface area contributed by atoms with E-state index in [1.54, 1.807) is 12.3 Å². The predicted molar refractivity (Wildman–Crippen MR) is 95.3 cm³/mol. The summed E-state index contributed by atoms with van der Waals surface area (Å²) in [5.74, 6) is -0.121. The molecule has 0 radical (unpaired) electrons. The van der Waals surface area contributed by atoms with E-state index in [4.69, 9.17) is 0 Å². The van der Waals surface area contributed by atoms with Gasteiger partial charge in [-0.25, -0.2) is 0 Å². The molecule has 1 aromatic heterocycles. The molecule has 0 unspecified atom stereocenters. The molecule has 0 bridgehead atoms. The average molecular weight is 311 g/mol. The van der Waals surface area contributed by atoms with Crippen LogP contribution in [0.4, 0.5) is 11.4 Å². The fraction of sp³-hybridized carbons (Fsp3) is 0.368. The third kappa shape index (κ3) is 5.09. The molecule has 0 saturated heterocycles. The predicted octanol–water partition coefficient (Wildman–Crippen LogP) is 4.36. The van der Waals surface area contributed by atoms with Crippen molar-refractivity contribution in [2.75, 3.05) is 11.9 Å². The van der Waals surface area contributed by atoms with Crippen LogP contribution in [0.3, 0.4) is 0 Å². The van der Waals surface area contributed by atoms with Crippen LogP contribution >= 0.6 is 0 Å². The Morgan fingerprint density at radius 3 is 2.57 bits per heavy atom. The number of unbranched alkanes of at least 4 members (excludes halogenated alkanes) is 2. The lowest BCUT2D eigenvalue weighted by Gasteiger charge is -2.10. The van der Waals surface area contributed by atoms with Gasteiger partial charge < -0.3 is 10.6 Å². The first kappa shape index (κ1) is 17.0. The van der Waals surface area contributed by atoms with Gasteiger partial charge in [-0.3, -0.25) is 9.78 Å². The molecule has 0 spiro atoms. The van der Waals surface area contributed by atoms with Crippen LogP contribution in [0.1, 0.15) is 47.8 Å². The zero-order valence-corrected chi connectivity index (χ0v) is 14.1. The highest BCUT2D eigenvalue weighted by Gasteiger charge is 2.07. The number of aromatic nitrogens is 1. The van der Waals surface area contributed by atoms with Crippen LogP contribution in [0.5, 0.6) is 0 Å². The minimum atomic E-state index is -0.121. The van der Waals surface area contributed by atoms with Crippen molar-refractivity contribution in [3.63, 3.8) is 0 Å². The summed E-state index contributed by atoms with van der Waals surface area (Å²) in [6.07, 6.45) is 4.93. The molecule has 2 aromatic rings. The van der Waals surface area contributed by atoms with Crippen LogP contribution in [0.2, 0.25) is 0 Å². The summed E-state index contributed by atoms with van der Waals surface area (Å²) in [7, 11) is 0. The van der Waals surface area contributed by atoms with Crippen molar-refractivity contribution in [3.05, 3.63) is 53.3 Å². The maximum Gasteiger partial charge on any atom is 0.269 e. The number of hydrogen-bond acceptors (Lipinski definition) is 3. The van der Waals surface area contributed by atoms with E-state index in [9.17, 15) is 4.79 Å². The molecule has 122 valence electrons. The first-order valence-corrected chi connectivity index (χ1v) is 8.18. The monoisotopic (exact) mass is 311 g/mol.